The molecule has 0 fully saturated rings. The van der Waals surface area contributed by atoms with Crippen LogP contribution in [0.3, 0.4) is 0 Å². The summed E-state index contributed by atoms with van der Waals surface area (Å²) in [5.74, 6) is -0.297. The fourth-order valence-corrected chi connectivity index (χ4v) is 4.04. The number of fused-ring (bicyclic) bond motifs is 1. The third-order valence-electron chi connectivity index (χ3n) is 4.81. The summed E-state index contributed by atoms with van der Waals surface area (Å²) in [5.41, 5.74) is 4.55. The van der Waals surface area contributed by atoms with E-state index in [0.717, 1.165) is 27.8 Å². The first-order chi connectivity index (χ1) is 12.4. The molecule has 0 aliphatic carbocycles. The number of thiophene rings is 1. The normalized spacial score (nSPS) is 13.5. The van der Waals surface area contributed by atoms with Crippen molar-refractivity contribution in [2.45, 2.75) is 40.2 Å². The van der Waals surface area contributed by atoms with E-state index in [1.165, 1.54) is 17.5 Å². The first-order valence-electron chi connectivity index (χ1n) is 8.71. The SMILES string of the molecule is CCC(C)C(Nc1ncnc2scc(-c3ccc(C)cc3C)c12)C(=O)O. The van der Waals surface area contributed by atoms with Crippen molar-refractivity contribution in [3.8, 4) is 11.1 Å². The lowest BCUT2D eigenvalue weighted by molar-refractivity contribution is -0.139. The number of rotatable bonds is 6. The molecule has 0 aliphatic rings. The van der Waals surface area contributed by atoms with Crippen molar-refractivity contribution in [3.05, 3.63) is 41.0 Å². The van der Waals surface area contributed by atoms with E-state index in [9.17, 15) is 9.90 Å². The summed E-state index contributed by atoms with van der Waals surface area (Å²) in [6, 6.07) is 5.65. The Bertz CT molecular complexity index is 951. The lowest BCUT2D eigenvalue weighted by Crippen LogP contribution is -2.35. The molecular formula is C20H23N3O2S. The lowest BCUT2D eigenvalue weighted by atomic mass is 9.97. The monoisotopic (exact) mass is 369 g/mol. The van der Waals surface area contributed by atoms with E-state index in [2.05, 4.69) is 52.7 Å². The number of nitrogens with one attached hydrogen (secondary N) is 1. The van der Waals surface area contributed by atoms with Crippen LogP contribution in [0.5, 0.6) is 0 Å². The van der Waals surface area contributed by atoms with Gasteiger partial charge in [-0.3, -0.25) is 0 Å². The summed E-state index contributed by atoms with van der Waals surface area (Å²) >= 11 is 1.55. The minimum atomic E-state index is -0.866. The molecule has 0 spiro atoms. The number of aliphatic carboxylic acids is 1. The summed E-state index contributed by atoms with van der Waals surface area (Å²) in [6.07, 6.45) is 2.26. The average molecular weight is 369 g/mol. The molecule has 0 amide bonds. The van der Waals surface area contributed by atoms with E-state index in [1.54, 1.807) is 11.3 Å². The molecule has 0 bridgehead atoms. The number of hydrogen-bond donors (Lipinski definition) is 2. The maximum Gasteiger partial charge on any atom is 0.326 e. The van der Waals surface area contributed by atoms with Gasteiger partial charge in [-0.25, -0.2) is 14.8 Å². The molecule has 3 aromatic rings. The van der Waals surface area contributed by atoms with E-state index < -0.39 is 12.0 Å². The van der Waals surface area contributed by atoms with Gasteiger partial charge in [-0.1, -0.05) is 44.0 Å². The largest absolute Gasteiger partial charge is 0.480 e. The van der Waals surface area contributed by atoms with Crippen LogP contribution in [0.25, 0.3) is 21.3 Å². The predicted octanol–water partition coefficient (Wildman–Crippen LogP) is 4.89. The van der Waals surface area contributed by atoms with E-state index in [4.69, 9.17) is 0 Å². The van der Waals surface area contributed by atoms with Crippen molar-refractivity contribution in [1.82, 2.24) is 9.97 Å². The number of hydrogen-bond acceptors (Lipinski definition) is 5. The Balaban J connectivity index is 2.12. The molecule has 0 radical (unpaired) electrons. The predicted molar refractivity (Wildman–Crippen MR) is 107 cm³/mol. The average Bonchev–Trinajstić information content (AvgIpc) is 3.03. The molecular weight excluding hydrogens is 346 g/mol. The number of benzene rings is 1. The van der Waals surface area contributed by atoms with Gasteiger partial charge in [0.1, 0.15) is 23.0 Å². The molecule has 2 aromatic heterocycles. The fraction of sp³-hybridized carbons (Fsp3) is 0.350. The highest BCUT2D eigenvalue weighted by Crippen LogP contribution is 2.38. The first kappa shape index (κ1) is 18.3. The number of nitrogens with zero attached hydrogens (tertiary/aromatic N) is 2. The minimum absolute atomic E-state index is 0.0132. The van der Waals surface area contributed by atoms with Gasteiger partial charge in [-0.05, 0) is 30.9 Å². The van der Waals surface area contributed by atoms with Crippen molar-refractivity contribution >= 4 is 33.3 Å². The topological polar surface area (TPSA) is 75.1 Å². The number of anilines is 1. The van der Waals surface area contributed by atoms with E-state index in [0.29, 0.717) is 5.82 Å². The zero-order chi connectivity index (χ0) is 18.8. The van der Waals surface area contributed by atoms with Gasteiger partial charge in [-0.2, -0.15) is 0 Å². The van der Waals surface area contributed by atoms with Crippen LogP contribution in [-0.2, 0) is 4.79 Å². The molecule has 26 heavy (non-hydrogen) atoms. The Hall–Kier alpha value is -2.47. The van der Waals surface area contributed by atoms with Crippen molar-refractivity contribution in [2.75, 3.05) is 5.32 Å². The van der Waals surface area contributed by atoms with Crippen molar-refractivity contribution < 1.29 is 9.90 Å². The second kappa shape index (κ2) is 7.41. The second-order valence-corrected chi connectivity index (χ2v) is 7.57. The molecule has 0 saturated heterocycles. The molecule has 2 atom stereocenters. The standard InChI is InChI=1S/C20H23N3O2S/c1-5-12(3)17(20(24)25)23-18-16-15(9-26-19(16)22-10-21-18)14-7-6-11(2)8-13(14)4/h6-10,12,17H,5H2,1-4H3,(H,24,25)(H,21,22,23). The molecule has 3 rings (SSSR count). The fourth-order valence-electron chi connectivity index (χ4n) is 3.13. The summed E-state index contributed by atoms with van der Waals surface area (Å²) in [5, 5.41) is 15.7. The van der Waals surface area contributed by atoms with Crippen LogP contribution in [0.4, 0.5) is 5.82 Å². The summed E-state index contributed by atoms with van der Waals surface area (Å²) in [7, 11) is 0. The van der Waals surface area contributed by atoms with Gasteiger partial charge in [0.05, 0.1) is 5.39 Å². The summed E-state index contributed by atoms with van der Waals surface area (Å²) < 4.78 is 0. The molecule has 0 aliphatic heterocycles. The highest BCUT2D eigenvalue weighted by atomic mass is 32.1. The molecule has 0 saturated carbocycles. The number of carboxylic acid groups (broad SMARTS) is 1. The first-order valence-corrected chi connectivity index (χ1v) is 9.59. The molecule has 6 heteroatoms. The maximum atomic E-state index is 11.7. The smallest absolute Gasteiger partial charge is 0.326 e. The quantitative estimate of drug-likeness (QED) is 0.647. The van der Waals surface area contributed by atoms with Crippen molar-refractivity contribution in [2.24, 2.45) is 5.92 Å². The number of aromatic nitrogens is 2. The van der Waals surface area contributed by atoms with E-state index in [1.807, 2.05) is 13.8 Å². The number of carboxylic acids is 1. The maximum absolute atomic E-state index is 11.7. The Morgan fingerprint density at radius 2 is 2.04 bits per heavy atom. The van der Waals surface area contributed by atoms with Gasteiger partial charge in [0.2, 0.25) is 0 Å². The highest BCUT2D eigenvalue weighted by molar-refractivity contribution is 7.17. The second-order valence-electron chi connectivity index (χ2n) is 6.72. The van der Waals surface area contributed by atoms with Crippen LogP contribution in [0.2, 0.25) is 0 Å². The van der Waals surface area contributed by atoms with Crippen molar-refractivity contribution in [3.63, 3.8) is 0 Å². The van der Waals surface area contributed by atoms with E-state index >= 15 is 0 Å². The van der Waals surface area contributed by atoms with Gasteiger partial charge >= 0.3 is 5.97 Å². The van der Waals surface area contributed by atoms with Gasteiger partial charge in [0.25, 0.3) is 0 Å². The number of aryl methyl sites for hydroxylation is 2. The van der Waals surface area contributed by atoms with Gasteiger partial charge in [-0.15, -0.1) is 11.3 Å². The zero-order valence-electron chi connectivity index (χ0n) is 15.4. The Kier molecular flexibility index (Phi) is 5.23. The molecule has 5 nitrogen and oxygen atoms in total. The van der Waals surface area contributed by atoms with Crippen LogP contribution in [0.15, 0.2) is 29.9 Å². The Morgan fingerprint density at radius 3 is 2.69 bits per heavy atom. The van der Waals surface area contributed by atoms with Gasteiger partial charge in [0.15, 0.2) is 0 Å². The van der Waals surface area contributed by atoms with Crippen LogP contribution in [0.1, 0.15) is 31.4 Å². The molecule has 2 heterocycles. The molecule has 1 aromatic carbocycles. The third kappa shape index (κ3) is 3.42. The lowest BCUT2D eigenvalue weighted by Gasteiger charge is -2.21. The number of carbonyl (C=O) groups is 1. The Morgan fingerprint density at radius 1 is 1.27 bits per heavy atom. The van der Waals surface area contributed by atoms with Gasteiger partial charge < -0.3 is 10.4 Å². The van der Waals surface area contributed by atoms with Crippen molar-refractivity contribution in [1.29, 1.82) is 0 Å². The van der Waals surface area contributed by atoms with Crippen LogP contribution >= 0.6 is 11.3 Å². The molecule has 2 N–H and O–H groups in total. The van der Waals surface area contributed by atoms with Crippen LogP contribution < -0.4 is 5.32 Å². The third-order valence-corrected chi connectivity index (χ3v) is 5.70. The van der Waals surface area contributed by atoms with Gasteiger partial charge in [0, 0.05) is 10.9 Å². The Labute approximate surface area is 157 Å². The minimum Gasteiger partial charge on any atom is -0.480 e. The summed E-state index contributed by atoms with van der Waals surface area (Å²) in [4.78, 5) is 21.3. The highest BCUT2D eigenvalue weighted by Gasteiger charge is 2.25. The molecule has 2 unspecified atom stereocenters. The summed E-state index contributed by atoms with van der Waals surface area (Å²) in [6.45, 7) is 8.08. The zero-order valence-corrected chi connectivity index (χ0v) is 16.2. The van der Waals surface area contributed by atoms with E-state index in [-0.39, 0.29) is 5.92 Å². The van der Waals surface area contributed by atoms with Crippen LogP contribution in [-0.4, -0.2) is 27.1 Å². The van der Waals surface area contributed by atoms with Crippen LogP contribution in [0, 0.1) is 19.8 Å². The molecule has 136 valence electrons.